The third kappa shape index (κ3) is 3.95. The quantitative estimate of drug-likeness (QED) is 0.693. The van der Waals surface area contributed by atoms with Crippen LogP contribution in [0.3, 0.4) is 0 Å². The Balaban J connectivity index is 2.01. The van der Waals surface area contributed by atoms with Gasteiger partial charge in [0.05, 0.1) is 17.5 Å². The van der Waals surface area contributed by atoms with Crippen LogP contribution in [0.4, 0.5) is 5.69 Å². The lowest BCUT2D eigenvalue weighted by Gasteiger charge is -2.12. The van der Waals surface area contributed by atoms with E-state index in [1.807, 2.05) is 6.92 Å². The van der Waals surface area contributed by atoms with Gasteiger partial charge in [-0.25, -0.2) is 4.68 Å². The van der Waals surface area contributed by atoms with Crippen LogP contribution in [-0.2, 0) is 6.54 Å². The molecule has 1 N–H and O–H groups in total. The van der Waals surface area contributed by atoms with Crippen LogP contribution in [0.1, 0.15) is 30.3 Å². The van der Waals surface area contributed by atoms with Crippen LogP contribution in [0.15, 0.2) is 47.3 Å². The van der Waals surface area contributed by atoms with Crippen LogP contribution in [-0.4, -0.2) is 22.8 Å². The number of unbranched alkanes of at least 4 members (excludes halogenated alkanes) is 1. The molecule has 1 heterocycles. The number of amides is 1. The summed E-state index contributed by atoms with van der Waals surface area (Å²) in [5.41, 5.74) is 0.527. The molecule has 0 saturated heterocycles. The molecular formula is C20H20ClN3O3. The molecule has 1 aromatic heterocycles. The summed E-state index contributed by atoms with van der Waals surface area (Å²) in [7, 11) is 1.52. The molecular weight excluding hydrogens is 366 g/mol. The molecule has 6 nitrogen and oxygen atoms in total. The Morgan fingerprint density at radius 2 is 1.96 bits per heavy atom. The first-order chi connectivity index (χ1) is 13.0. The highest BCUT2D eigenvalue weighted by molar-refractivity contribution is 6.32. The minimum Gasteiger partial charge on any atom is -0.495 e. The van der Waals surface area contributed by atoms with E-state index in [-0.39, 0.29) is 11.3 Å². The van der Waals surface area contributed by atoms with Gasteiger partial charge in [-0.2, -0.15) is 5.10 Å². The summed E-state index contributed by atoms with van der Waals surface area (Å²) in [6.07, 6.45) is 1.73. The van der Waals surface area contributed by atoms with Gasteiger partial charge in [-0.05, 0) is 30.7 Å². The van der Waals surface area contributed by atoms with Crippen molar-refractivity contribution >= 4 is 34.0 Å². The molecule has 0 aliphatic heterocycles. The van der Waals surface area contributed by atoms with E-state index in [2.05, 4.69) is 10.4 Å². The topological polar surface area (TPSA) is 73.2 Å². The summed E-state index contributed by atoms with van der Waals surface area (Å²) in [6.45, 7) is 2.50. The Labute approximate surface area is 161 Å². The highest BCUT2D eigenvalue weighted by atomic mass is 35.5. The van der Waals surface area contributed by atoms with Gasteiger partial charge in [0.2, 0.25) is 0 Å². The third-order valence-electron chi connectivity index (χ3n) is 4.22. The van der Waals surface area contributed by atoms with Crippen molar-refractivity contribution < 1.29 is 9.53 Å². The van der Waals surface area contributed by atoms with Gasteiger partial charge >= 0.3 is 0 Å². The van der Waals surface area contributed by atoms with Gasteiger partial charge in [0.1, 0.15) is 5.75 Å². The normalized spacial score (nSPS) is 10.8. The number of anilines is 1. The molecule has 140 valence electrons. The lowest BCUT2D eigenvalue weighted by Crippen LogP contribution is -2.27. The van der Waals surface area contributed by atoms with Crippen molar-refractivity contribution in [1.82, 2.24) is 9.78 Å². The standard InChI is InChI=1S/C20H20ClN3O3/c1-3-4-11-24-20(26)15-8-6-5-7-14(15)18(23-24)19(25)22-13-9-10-17(27-2)16(21)12-13/h5-10,12H,3-4,11H2,1-2H3,(H,22,25). The van der Waals surface area contributed by atoms with Crippen molar-refractivity contribution in [2.45, 2.75) is 26.3 Å². The predicted octanol–water partition coefficient (Wildman–Crippen LogP) is 4.11. The van der Waals surface area contributed by atoms with Crippen molar-refractivity contribution in [3.8, 4) is 5.75 Å². The Morgan fingerprint density at radius 3 is 2.63 bits per heavy atom. The van der Waals surface area contributed by atoms with Crippen molar-refractivity contribution in [1.29, 1.82) is 0 Å². The first-order valence-electron chi connectivity index (χ1n) is 8.70. The zero-order valence-electron chi connectivity index (χ0n) is 15.2. The molecule has 27 heavy (non-hydrogen) atoms. The molecule has 1 amide bonds. The van der Waals surface area contributed by atoms with E-state index >= 15 is 0 Å². The fourth-order valence-electron chi connectivity index (χ4n) is 2.80. The van der Waals surface area contributed by atoms with E-state index in [1.54, 1.807) is 42.5 Å². The highest BCUT2D eigenvalue weighted by Crippen LogP contribution is 2.27. The number of aryl methyl sites for hydroxylation is 1. The number of carbonyl (C=O) groups is 1. The number of carbonyl (C=O) groups excluding carboxylic acids is 1. The Hall–Kier alpha value is -2.86. The number of ether oxygens (including phenoxy) is 1. The summed E-state index contributed by atoms with van der Waals surface area (Å²) in [4.78, 5) is 25.5. The molecule has 7 heteroatoms. The van der Waals surface area contributed by atoms with Crippen LogP contribution in [0, 0.1) is 0 Å². The van der Waals surface area contributed by atoms with Crippen molar-refractivity contribution in [2.24, 2.45) is 0 Å². The van der Waals surface area contributed by atoms with Gasteiger partial charge in [0.15, 0.2) is 5.69 Å². The van der Waals surface area contributed by atoms with Crippen LogP contribution in [0.25, 0.3) is 10.8 Å². The maximum Gasteiger partial charge on any atom is 0.276 e. The molecule has 0 aliphatic carbocycles. The summed E-state index contributed by atoms with van der Waals surface area (Å²) < 4.78 is 6.48. The van der Waals surface area contributed by atoms with E-state index < -0.39 is 5.91 Å². The van der Waals surface area contributed by atoms with Gasteiger partial charge in [0, 0.05) is 17.6 Å². The summed E-state index contributed by atoms with van der Waals surface area (Å²) in [5.74, 6) is 0.115. The predicted molar refractivity (Wildman–Crippen MR) is 107 cm³/mol. The van der Waals surface area contributed by atoms with E-state index in [1.165, 1.54) is 11.8 Å². The van der Waals surface area contributed by atoms with Gasteiger partial charge < -0.3 is 10.1 Å². The summed E-state index contributed by atoms with van der Waals surface area (Å²) in [6, 6.07) is 12.0. The van der Waals surface area contributed by atoms with E-state index in [4.69, 9.17) is 16.3 Å². The van der Waals surface area contributed by atoms with Gasteiger partial charge in [-0.15, -0.1) is 0 Å². The molecule has 0 saturated carbocycles. The van der Waals surface area contributed by atoms with Crippen molar-refractivity contribution in [3.05, 3.63) is 63.5 Å². The second-order valence-electron chi connectivity index (χ2n) is 6.08. The number of hydrogen-bond donors (Lipinski definition) is 1. The summed E-state index contributed by atoms with van der Waals surface area (Å²) in [5, 5.41) is 8.50. The fraction of sp³-hybridized carbons (Fsp3) is 0.250. The number of methoxy groups -OCH3 is 1. The molecule has 0 fully saturated rings. The van der Waals surface area contributed by atoms with Gasteiger partial charge in [0.25, 0.3) is 11.5 Å². The largest absolute Gasteiger partial charge is 0.495 e. The monoisotopic (exact) mass is 385 g/mol. The fourth-order valence-corrected chi connectivity index (χ4v) is 3.05. The van der Waals surface area contributed by atoms with Crippen molar-refractivity contribution in [3.63, 3.8) is 0 Å². The second-order valence-corrected chi connectivity index (χ2v) is 6.49. The highest BCUT2D eigenvalue weighted by Gasteiger charge is 2.17. The third-order valence-corrected chi connectivity index (χ3v) is 4.51. The minimum atomic E-state index is -0.405. The van der Waals surface area contributed by atoms with Gasteiger partial charge in [-0.1, -0.05) is 43.1 Å². The summed E-state index contributed by atoms with van der Waals surface area (Å²) >= 11 is 6.12. The van der Waals surface area contributed by atoms with E-state index in [0.29, 0.717) is 33.8 Å². The molecule has 0 aliphatic rings. The maximum absolute atomic E-state index is 12.9. The molecule has 0 atom stereocenters. The zero-order chi connectivity index (χ0) is 19.4. The molecule has 3 aromatic rings. The number of hydrogen-bond acceptors (Lipinski definition) is 4. The van der Waals surface area contributed by atoms with Crippen LogP contribution < -0.4 is 15.6 Å². The van der Waals surface area contributed by atoms with Gasteiger partial charge in [-0.3, -0.25) is 9.59 Å². The van der Waals surface area contributed by atoms with Crippen LogP contribution in [0.2, 0.25) is 5.02 Å². The molecule has 2 aromatic carbocycles. The van der Waals surface area contributed by atoms with Crippen LogP contribution in [0.5, 0.6) is 5.75 Å². The number of nitrogens with one attached hydrogen (secondary N) is 1. The Bertz CT molecular complexity index is 1050. The number of fused-ring (bicyclic) bond motifs is 1. The number of benzene rings is 2. The zero-order valence-corrected chi connectivity index (χ0v) is 15.9. The molecule has 0 bridgehead atoms. The lowest BCUT2D eigenvalue weighted by molar-refractivity contribution is 0.102. The van der Waals surface area contributed by atoms with E-state index in [9.17, 15) is 9.59 Å². The second kappa shape index (κ2) is 8.22. The molecule has 0 spiro atoms. The molecule has 3 rings (SSSR count). The van der Waals surface area contributed by atoms with E-state index in [0.717, 1.165) is 12.8 Å². The minimum absolute atomic E-state index is 0.192. The number of halogens is 1. The number of rotatable bonds is 6. The smallest absolute Gasteiger partial charge is 0.276 e. The average Bonchev–Trinajstić information content (AvgIpc) is 2.67. The number of aromatic nitrogens is 2. The maximum atomic E-state index is 12.9. The lowest BCUT2D eigenvalue weighted by atomic mass is 10.1. The average molecular weight is 386 g/mol. The van der Waals surface area contributed by atoms with Crippen LogP contribution >= 0.6 is 11.6 Å². The SMILES string of the molecule is CCCCn1nc(C(=O)Nc2ccc(OC)c(Cl)c2)c2ccccc2c1=O. The molecule has 0 radical (unpaired) electrons. The first-order valence-corrected chi connectivity index (χ1v) is 9.07. The number of nitrogens with zero attached hydrogens (tertiary/aromatic N) is 2. The Morgan fingerprint density at radius 1 is 1.22 bits per heavy atom. The first kappa shape index (κ1) is 18.9. The molecule has 0 unspecified atom stereocenters. The van der Waals surface area contributed by atoms with Crippen molar-refractivity contribution in [2.75, 3.05) is 12.4 Å². The Kier molecular flexibility index (Phi) is 5.76.